The van der Waals surface area contributed by atoms with Crippen molar-refractivity contribution in [2.45, 2.75) is 75.2 Å². The van der Waals surface area contributed by atoms with Crippen molar-refractivity contribution in [2.24, 2.45) is 15.9 Å². The van der Waals surface area contributed by atoms with E-state index in [9.17, 15) is 14.8 Å². The molecule has 0 spiro atoms. The Morgan fingerprint density at radius 1 is 1.30 bits per heavy atom. The Kier molecular flexibility index (Phi) is 9.29. The van der Waals surface area contributed by atoms with Crippen molar-refractivity contribution < 1.29 is 14.2 Å². The van der Waals surface area contributed by atoms with Crippen LogP contribution in [0.2, 0.25) is 0 Å². The average Bonchev–Trinajstić information content (AvgIpc) is 3.51. The topological polar surface area (TPSA) is 172 Å². The van der Waals surface area contributed by atoms with E-state index in [2.05, 4.69) is 30.3 Å². The van der Waals surface area contributed by atoms with Crippen LogP contribution in [0.1, 0.15) is 63.6 Å². The summed E-state index contributed by atoms with van der Waals surface area (Å²) in [6.07, 6.45) is 10.6. The number of alkyl halides is 1. The summed E-state index contributed by atoms with van der Waals surface area (Å²) in [4.78, 5) is 14.8. The van der Waals surface area contributed by atoms with Crippen molar-refractivity contribution in [2.75, 3.05) is 38.2 Å². The number of pyridine rings is 1. The number of aliphatic imine (C=N–C) groups is 1. The second kappa shape index (κ2) is 13.0. The number of nitrogens with one attached hydrogen (secondary N) is 3. The Morgan fingerprint density at radius 3 is 2.61 bits per heavy atom. The molecule has 1 aliphatic heterocycles. The quantitative estimate of drug-likeness (QED) is 0.111. The van der Waals surface area contributed by atoms with Crippen molar-refractivity contribution in [1.29, 1.82) is 10.7 Å². The van der Waals surface area contributed by atoms with E-state index in [0.29, 0.717) is 22.7 Å². The number of nitrogens with zero attached hydrogens (tertiary/aromatic N) is 5. The lowest BCUT2D eigenvalue weighted by Gasteiger charge is -2.58. The molecule has 3 aliphatic carbocycles. The van der Waals surface area contributed by atoms with Gasteiger partial charge in [-0.05, 0) is 76.6 Å². The van der Waals surface area contributed by atoms with Gasteiger partial charge in [-0.2, -0.15) is 10.4 Å². The molecule has 4 aliphatic rings. The molecule has 2 bridgehead atoms. The second-order valence-electron chi connectivity index (χ2n) is 12.7. The number of morpholine rings is 1. The third-order valence-corrected chi connectivity index (χ3v) is 9.43. The molecule has 1 unspecified atom stereocenters. The number of allylic oxidation sites excluding steroid dienone is 1. The lowest BCUT2D eigenvalue weighted by molar-refractivity contribution is -0.0689. The molecule has 44 heavy (non-hydrogen) atoms. The van der Waals surface area contributed by atoms with Crippen LogP contribution in [0.15, 0.2) is 40.1 Å². The summed E-state index contributed by atoms with van der Waals surface area (Å²) >= 11 is 0. The molecule has 2 aromatic rings. The highest BCUT2D eigenvalue weighted by Crippen LogP contribution is 2.51. The zero-order valence-electron chi connectivity index (χ0n) is 25.4. The lowest BCUT2D eigenvalue weighted by atomic mass is 9.60. The van der Waals surface area contributed by atoms with Gasteiger partial charge in [0, 0.05) is 59.7 Å². The van der Waals surface area contributed by atoms with Crippen molar-refractivity contribution in [3.8, 4) is 17.5 Å². The van der Waals surface area contributed by atoms with Gasteiger partial charge in [0.05, 0.1) is 42.3 Å². The third kappa shape index (κ3) is 6.75. The first-order chi connectivity index (χ1) is 21.1. The Hall–Kier alpha value is -3.92. The summed E-state index contributed by atoms with van der Waals surface area (Å²) in [7, 11) is 0. The third-order valence-electron chi connectivity index (χ3n) is 9.43. The number of ether oxygens (including phenoxy) is 1. The van der Waals surface area contributed by atoms with Crippen molar-refractivity contribution in [3.05, 3.63) is 41.2 Å². The number of hydrogen-bond acceptors (Lipinski definition) is 10. The normalized spacial score (nSPS) is 25.6. The molecule has 4 fully saturated rings. The number of rotatable bonds is 11. The molecule has 3 saturated carbocycles. The summed E-state index contributed by atoms with van der Waals surface area (Å²) < 4.78 is 20.0. The highest BCUT2D eigenvalue weighted by Gasteiger charge is 2.51. The maximum absolute atomic E-state index is 14.4. The van der Waals surface area contributed by atoms with E-state index in [1.807, 2.05) is 24.3 Å². The molecule has 0 aromatic carbocycles. The van der Waals surface area contributed by atoms with Crippen LogP contribution in [-0.4, -0.2) is 93.8 Å². The second-order valence-corrected chi connectivity index (χ2v) is 12.7. The van der Waals surface area contributed by atoms with E-state index in [4.69, 9.17) is 16.0 Å². The van der Waals surface area contributed by atoms with Gasteiger partial charge >= 0.3 is 0 Å². The number of halogens is 1. The maximum Gasteiger partial charge on any atom is 0.147 e. The van der Waals surface area contributed by atoms with Crippen LogP contribution in [0, 0.1) is 16.7 Å². The molecular weight excluding hydrogens is 561 g/mol. The van der Waals surface area contributed by atoms with Gasteiger partial charge in [0.25, 0.3) is 0 Å². The summed E-state index contributed by atoms with van der Waals surface area (Å²) in [5, 5.41) is 34.4. The monoisotopic (exact) mass is 603 g/mol. The molecule has 1 atom stereocenters. The number of hydrogen-bond donors (Lipinski definition) is 5. The number of H-pyrrole nitrogens is 1. The van der Waals surface area contributed by atoms with Crippen LogP contribution in [-0.2, 0) is 4.74 Å². The van der Waals surface area contributed by atoms with Crippen LogP contribution in [0.25, 0.3) is 17.5 Å². The van der Waals surface area contributed by atoms with E-state index in [1.54, 1.807) is 12.3 Å². The fraction of sp³-hybridized carbons (Fsp3) is 0.531. The minimum absolute atomic E-state index is 0.0987. The number of aromatic amines is 1. The predicted molar refractivity (Wildman–Crippen MR) is 171 cm³/mol. The molecule has 1 saturated heterocycles. The molecule has 234 valence electrons. The van der Waals surface area contributed by atoms with Crippen molar-refractivity contribution >= 4 is 29.9 Å². The fourth-order valence-electron chi connectivity index (χ4n) is 6.61. The molecule has 2 aromatic heterocycles. The molecule has 12 heteroatoms. The number of aliphatic hydroxyl groups is 1. The number of nitriles is 1. The molecule has 0 radical (unpaired) electrons. The zero-order valence-corrected chi connectivity index (χ0v) is 25.4. The molecule has 6 N–H and O–H groups in total. The first-order valence-corrected chi connectivity index (χ1v) is 15.2. The van der Waals surface area contributed by atoms with Gasteiger partial charge in [-0.15, -0.1) is 0 Å². The minimum Gasteiger partial charge on any atom is -0.387 e. The van der Waals surface area contributed by atoms with Gasteiger partial charge in [0.15, 0.2) is 0 Å². The van der Waals surface area contributed by atoms with Gasteiger partial charge in [-0.1, -0.05) is 0 Å². The summed E-state index contributed by atoms with van der Waals surface area (Å²) in [6, 6.07) is 7.66. The first-order valence-electron chi connectivity index (χ1n) is 15.2. The zero-order chi connectivity index (χ0) is 31.4. The Balaban J connectivity index is 1.44. The minimum atomic E-state index is -1.55. The van der Waals surface area contributed by atoms with Gasteiger partial charge in [-0.25, -0.2) is 4.39 Å². The van der Waals surface area contributed by atoms with Crippen molar-refractivity contribution in [3.63, 3.8) is 0 Å². The molecular formula is C32H42FN9O2. The SMILES string of the molecule is CC(C)(O)C(F)CN=CC(=NN)c1cnc(-c2ccc(/C=C(/C#N)C=N)[nH]2)cc1NC12CCC(N3CCOCC3)(CC1)CC2. The highest BCUT2D eigenvalue weighted by atomic mass is 19.1. The Morgan fingerprint density at radius 2 is 2.00 bits per heavy atom. The number of fused-ring (bicyclic) bond motifs is 3. The largest absolute Gasteiger partial charge is 0.387 e. The molecule has 3 heterocycles. The number of aromatic nitrogens is 2. The maximum atomic E-state index is 14.4. The fourth-order valence-corrected chi connectivity index (χ4v) is 6.61. The van der Waals surface area contributed by atoms with E-state index >= 15 is 0 Å². The van der Waals surface area contributed by atoms with Gasteiger partial charge < -0.3 is 31.4 Å². The van der Waals surface area contributed by atoms with E-state index in [-0.39, 0.29) is 23.2 Å². The average molecular weight is 604 g/mol. The van der Waals surface area contributed by atoms with Crippen LogP contribution < -0.4 is 11.2 Å². The number of anilines is 1. The predicted octanol–water partition coefficient (Wildman–Crippen LogP) is 4.07. The van der Waals surface area contributed by atoms with Gasteiger partial charge in [0.1, 0.15) is 18.0 Å². The van der Waals surface area contributed by atoms with Gasteiger partial charge in [-0.3, -0.25) is 14.9 Å². The van der Waals surface area contributed by atoms with Gasteiger partial charge in [0.2, 0.25) is 0 Å². The summed E-state index contributed by atoms with van der Waals surface area (Å²) in [5.74, 6) is 5.83. The van der Waals surface area contributed by atoms with Crippen LogP contribution >= 0.6 is 0 Å². The van der Waals surface area contributed by atoms with Crippen LogP contribution in [0.5, 0.6) is 0 Å². The number of nitrogens with two attached hydrogens (primary N) is 1. The van der Waals surface area contributed by atoms with E-state index in [0.717, 1.165) is 82.4 Å². The molecule has 6 rings (SSSR count). The van der Waals surface area contributed by atoms with Crippen LogP contribution in [0.4, 0.5) is 10.1 Å². The van der Waals surface area contributed by atoms with Crippen LogP contribution in [0.3, 0.4) is 0 Å². The molecule has 0 amide bonds. The highest BCUT2D eigenvalue weighted by molar-refractivity contribution is 6.39. The summed E-state index contributed by atoms with van der Waals surface area (Å²) in [5.41, 5.74) is 2.76. The van der Waals surface area contributed by atoms with Crippen molar-refractivity contribution in [1.82, 2.24) is 14.9 Å². The summed E-state index contributed by atoms with van der Waals surface area (Å²) in [6.45, 7) is 6.16. The Labute approximate surface area is 257 Å². The number of hydrazone groups is 1. The van der Waals surface area contributed by atoms with E-state index < -0.39 is 11.8 Å². The smallest absolute Gasteiger partial charge is 0.147 e. The Bertz CT molecular complexity index is 1450. The van der Waals surface area contributed by atoms with E-state index in [1.165, 1.54) is 20.1 Å². The standard InChI is InChI=1S/C32H42FN9O2/c1-30(2,43)29(33)21-37-20-28(41-36)24-19-38-27(25-4-3-23(39-25)15-22(17-34)18-35)16-26(24)40-31-5-8-32(9-6-31,10-7-31)42-11-13-44-14-12-42/h3-4,15-17,19-20,29,34,39,43H,5-14,21,36H2,1-2H3,(H,38,40)/b22-15+,34-17?,37-20?,41-28?. The first kappa shape index (κ1) is 31.5. The molecule has 11 nitrogen and oxygen atoms in total. The lowest BCUT2D eigenvalue weighted by Crippen LogP contribution is -2.62.